The molecule has 5 heteroatoms. The molecule has 0 unspecified atom stereocenters. The molecule has 1 fully saturated rings. The lowest BCUT2D eigenvalue weighted by Gasteiger charge is -2.31. The van der Waals surface area contributed by atoms with Gasteiger partial charge in [-0.2, -0.15) is 4.73 Å². The molecule has 1 aromatic carbocycles. The Balaban J connectivity index is 1.61. The van der Waals surface area contributed by atoms with Crippen LogP contribution in [0.3, 0.4) is 0 Å². The maximum Gasteiger partial charge on any atom is 0.252 e. The number of rotatable bonds is 6. The highest BCUT2D eigenvalue weighted by Gasteiger charge is 2.18. The Bertz CT molecular complexity index is 724. The zero-order valence-electron chi connectivity index (χ0n) is 15.4. The molecule has 1 heterocycles. The van der Waals surface area contributed by atoms with Crippen LogP contribution in [0.1, 0.15) is 53.6 Å². The van der Waals surface area contributed by atoms with Gasteiger partial charge in [0, 0.05) is 31.3 Å². The number of carbonyl (C=O) groups is 1. The predicted molar refractivity (Wildman–Crippen MR) is 101 cm³/mol. The van der Waals surface area contributed by atoms with Gasteiger partial charge < -0.3 is 10.5 Å². The number of pyridine rings is 1. The van der Waals surface area contributed by atoms with E-state index in [0.29, 0.717) is 22.9 Å². The van der Waals surface area contributed by atoms with Crippen molar-refractivity contribution in [1.82, 2.24) is 10.2 Å². The van der Waals surface area contributed by atoms with E-state index in [1.807, 2.05) is 6.07 Å². The molecule has 1 amide bonds. The van der Waals surface area contributed by atoms with Crippen molar-refractivity contribution in [3.63, 3.8) is 0 Å². The van der Waals surface area contributed by atoms with Crippen LogP contribution in [0, 0.1) is 5.21 Å². The number of carbonyl (C=O) groups excluding carboxylic acids is 1. The Labute approximate surface area is 155 Å². The van der Waals surface area contributed by atoms with Gasteiger partial charge in [-0.3, -0.25) is 9.69 Å². The second-order valence-electron chi connectivity index (χ2n) is 7.11. The van der Waals surface area contributed by atoms with Gasteiger partial charge >= 0.3 is 0 Å². The fraction of sp³-hybridized carbons (Fsp3) is 0.429. The molecule has 2 aromatic rings. The Kier molecular flexibility index (Phi) is 6.23. The van der Waals surface area contributed by atoms with E-state index in [-0.39, 0.29) is 5.91 Å². The van der Waals surface area contributed by atoms with Crippen molar-refractivity contribution in [2.75, 3.05) is 7.05 Å². The van der Waals surface area contributed by atoms with Crippen LogP contribution in [-0.2, 0) is 13.1 Å². The van der Waals surface area contributed by atoms with E-state index in [2.05, 4.69) is 35.5 Å². The zero-order valence-corrected chi connectivity index (χ0v) is 15.4. The topological polar surface area (TPSA) is 59.3 Å². The van der Waals surface area contributed by atoms with E-state index in [4.69, 9.17) is 0 Å². The monoisotopic (exact) mass is 353 g/mol. The summed E-state index contributed by atoms with van der Waals surface area (Å²) in [6, 6.07) is 12.0. The van der Waals surface area contributed by atoms with Crippen molar-refractivity contribution < 1.29 is 9.52 Å². The van der Waals surface area contributed by atoms with Gasteiger partial charge in [0.1, 0.15) is 0 Å². The summed E-state index contributed by atoms with van der Waals surface area (Å²) in [5.41, 5.74) is 2.89. The molecule has 1 aromatic heterocycles. The van der Waals surface area contributed by atoms with Gasteiger partial charge in [-0.05, 0) is 31.0 Å². The second kappa shape index (κ2) is 8.81. The summed E-state index contributed by atoms with van der Waals surface area (Å²) < 4.78 is 0.674. The molecule has 1 N–H and O–H groups in total. The maximum atomic E-state index is 12.3. The van der Waals surface area contributed by atoms with Crippen molar-refractivity contribution in [1.29, 1.82) is 0 Å². The molecule has 0 atom stereocenters. The van der Waals surface area contributed by atoms with Gasteiger partial charge in [-0.25, -0.2) is 0 Å². The molecule has 5 nitrogen and oxygen atoms in total. The minimum Gasteiger partial charge on any atom is -0.619 e. The molecule has 0 radical (unpaired) electrons. The van der Waals surface area contributed by atoms with E-state index >= 15 is 0 Å². The summed E-state index contributed by atoms with van der Waals surface area (Å²) in [6.45, 7) is 1.39. The lowest BCUT2D eigenvalue weighted by atomic mass is 9.94. The van der Waals surface area contributed by atoms with Crippen LogP contribution in [0.15, 0.2) is 48.8 Å². The van der Waals surface area contributed by atoms with E-state index in [1.54, 1.807) is 0 Å². The second-order valence-corrected chi connectivity index (χ2v) is 7.11. The van der Waals surface area contributed by atoms with Gasteiger partial charge in [0.05, 0.1) is 5.56 Å². The average Bonchev–Trinajstić information content (AvgIpc) is 2.68. The molecule has 3 rings (SSSR count). The van der Waals surface area contributed by atoms with Crippen LogP contribution < -0.4 is 10.0 Å². The number of nitrogens with one attached hydrogen (secondary N) is 1. The third kappa shape index (κ3) is 4.82. The van der Waals surface area contributed by atoms with E-state index < -0.39 is 0 Å². The summed E-state index contributed by atoms with van der Waals surface area (Å²) in [7, 11) is 2.20. The third-order valence-electron chi connectivity index (χ3n) is 5.24. The molecule has 1 saturated carbocycles. The molecular weight excluding hydrogens is 326 g/mol. The molecule has 0 aliphatic heterocycles. The smallest absolute Gasteiger partial charge is 0.252 e. The highest BCUT2D eigenvalue weighted by molar-refractivity contribution is 5.93. The summed E-state index contributed by atoms with van der Waals surface area (Å²) in [5, 5.41) is 14.0. The van der Waals surface area contributed by atoms with Gasteiger partial charge in [0.2, 0.25) is 0 Å². The van der Waals surface area contributed by atoms with Crippen LogP contribution in [0.5, 0.6) is 0 Å². The van der Waals surface area contributed by atoms with Gasteiger partial charge in [0.25, 0.3) is 5.91 Å². The van der Waals surface area contributed by atoms with Gasteiger partial charge in [0.15, 0.2) is 12.4 Å². The summed E-state index contributed by atoms with van der Waals surface area (Å²) >= 11 is 0. The highest BCUT2D eigenvalue weighted by Crippen LogP contribution is 2.23. The Morgan fingerprint density at radius 2 is 1.77 bits per heavy atom. The molecule has 1 aliphatic carbocycles. The van der Waals surface area contributed by atoms with Crippen LogP contribution in [0.4, 0.5) is 0 Å². The number of benzene rings is 1. The van der Waals surface area contributed by atoms with Crippen molar-refractivity contribution in [3.8, 4) is 0 Å². The van der Waals surface area contributed by atoms with Crippen molar-refractivity contribution in [3.05, 3.63) is 70.7 Å². The fourth-order valence-corrected chi connectivity index (χ4v) is 3.65. The molecule has 26 heavy (non-hydrogen) atoms. The molecular formula is C21H27N3O2. The molecule has 0 bridgehead atoms. The van der Waals surface area contributed by atoms with Crippen LogP contribution in [0.2, 0.25) is 0 Å². The van der Waals surface area contributed by atoms with Crippen molar-refractivity contribution >= 4 is 5.91 Å². The zero-order chi connectivity index (χ0) is 18.4. The number of amides is 1. The molecule has 0 spiro atoms. The Hall–Kier alpha value is -2.40. The molecule has 0 saturated heterocycles. The first-order chi connectivity index (χ1) is 12.6. The third-order valence-corrected chi connectivity index (χ3v) is 5.24. The first-order valence-electron chi connectivity index (χ1n) is 9.37. The number of nitrogens with zero attached hydrogens (tertiary/aromatic N) is 2. The van der Waals surface area contributed by atoms with Crippen molar-refractivity contribution in [2.24, 2.45) is 0 Å². The van der Waals surface area contributed by atoms with Crippen LogP contribution in [-0.4, -0.2) is 23.9 Å². The average molecular weight is 353 g/mol. The highest BCUT2D eigenvalue weighted by atomic mass is 16.5. The van der Waals surface area contributed by atoms with Gasteiger partial charge in [-0.1, -0.05) is 43.5 Å². The number of hydrogen-bond donors (Lipinski definition) is 1. The number of aromatic nitrogens is 1. The first-order valence-corrected chi connectivity index (χ1v) is 9.37. The first kappa shape index (κ1) is 18.4. The fourth-order valence-electron chi connectivity index (χ4n) is 3.65. The maximum absolute atomic E-state index is 12.3. The Morgan fingerprint density at radius 3 is 2.46 bits per heavy atom. The number of hydrogen-bond acceptors (Lipinski definition) is 3. The van der Waals surface area contributed by atoms with E-state index in [0.717, 1.165) is 12.1 Å². The molecule has 1 aliphatic rings. The van der Waals surface area contributed by atoms with Crippen LogP contribution >= 0.6 is 0 Å². The minimum absolute atomic E-state index is 0.166. The lowest BCUT2D eigenvalue weighted by Crippen LogP contribution is -2.33. The SMILES string of the molecule is CN(Cc1ccccc1CNC(=O)c1cc[n+]([O-])cc1)C1CCCCC1. The normalized spacial score (nSPS) is 15.2. The van der Waals surface area contributed by atoms with Crippen molar-refractivity contribution in [2.45, 2.75) is 51.2 Å². The predicted octanol–water partition coefficient (Wildman–Crippen LogP) is 3.01. The lowest BCUT2D eigenvalue weighted by molar-refractivity contribution is -0.605. The summed E-state index contributed by atoms with van der Waals surface area (Å²) in [5.74, 6) is -0.166. The van der Waals surface area contributed by atoms with E-state index in [1.165, 1.54) is 62.2 Å². The van der Waals surface area contributed by atoms with Gasteiger partial charge in [-0.15, -0.1) is 0 Å². The standard InChI is InChI=1S/C21H27N3O2/c1-23(20-9-3-2-4-10-20)16-19-8-6-5-7-18(19)15-22-21(25)17-11-13-24(26)14-12-17/h5-8,11-14,20H,2-4,9-10,15-16H2,1H3,(H,22,25). The molecule has 138 valence electrons. The Morgan fingerprint density at radius 1 is 1.12 bits per heavy atom. The quantitative estimate of drug-likeness (QED) is 0.641. The summed E-state index contributed by atoms with van der Waals surface area (Å²) in [6.07, 6.45) is 9.25. The summed E-state index contributed by atoms with van der Waals surface area (Å²) in [4.78, 5) is 14.7. The minimum atomic E-state index is -0.166. The van der Waals surface area contributed by atoms with Crippen LogP contribution in [0.25, 0.3) is 0 Å². The van der Waals surface area contributed by atoms with E-state index in [9.17, 15) is 10.0 Å². The largest absolute Gasteiger partial charge is 0.619 e.